The first-order valence-corrected chi connectivity index (χ1v) is 5.16. The molecule has 0 spiro atoms. The van der Waals surface area contributed by atoms with Gasteiger partial charge in [0.25, 0.3) is 11.9 Å². The first kappa shape index (κ1) is 13.7. The van der Waals surface area contributed by atoms with Gasteiger partial charge in [0.1, 0.15) is 5.69 Å². The Kier molecular flexibility index (Phi) is 3.64. The highest BCUT2D eigenvalue weighted by molar-refractivity contribution is 5.49. The fourth-order valence-electron chi connectivity index (χ4n) is 1.31. The molecular formula is C11H14F4N2. The fourth-order valence-corrected chi connectivity index (χ4v) is 1.31. The second-order valence-electron chi connectivity index (χ2n) is 4.39. The van der Waals surface area contributed by atoms with Crippen LogP contribution in [0.1, 0.15) is 27.2 Å². The first-order chi connectivity index (χ1) is 7.72. The van der Waals surface area contributed by atoms with E-state index in [1.807, 2.05) is 0 Å². The summed E-state index contributed by atoms with van der Waals surface area (Å²) in [4.78, 5) is 3.69. The maximum atomic E-state index is 13.5. The predicted octanol–water partition coefficient (Wildman–Crippen LogP) is 3.26. The summed E-state index contributed by atoms with van der Waals surface area (Å²) in [7, 11) is 1.38. The molecule has 1 rings (SSSR count). The molecule has 0 bridgehead atoms. The average Bonchev–Trinajstić information content (AvgIpc) is 2.26. The zero-order valence-electron chi connectivity index (χ0n) is 10.1. The van der Waals surface area contributed by atoms with Crippen LogP contribution in [0.2, 0.25) is 0 Å². The van der Waals surface area contributed by atoms with Crippen LogP contribution in [-0.2, 0) is 0 Å². The molecule has 0 aliphatic carbocycles. The van der Waals surface area contributed by atoms with Gasteiger partial charge in [-0.25, -0.2) is 0 Å². The molecule has 0 saturated heterocycles. The van der Waals surface area contributed by atoms with Gasteiger partial charge in [0.15, 0.2) is 0 Å². The highest BCUT2D eigenvalue weighted by Gasteiger charge is 2.30. The smallest absolute Gasteiger partial charge is 0.253 e. The number of nitrogens with zero attached hydrogens (tertiary/aromatic N) is 2. The lowest BCUT2D eigenvalue weighted by Gasteiger charge is -2.36. The summed E-state index contributed by atoms with van der Waals surface area (Å²) < 4.78 is 52.9. The van der Waals surface area contributed by atoms with Crippen molar-refractivity contribution in [2.45, 2.75) is 32.7 Å². The zero-order chi connectivity index (χ0) is 13.4. The van der Waals surface area contributed by atoms with Crippen LogP contribution in [-0.4, -0.2) is 17.6 Å². The van der Waals surface area contributed by atoms with E-state index in [0.717, 1.165) is 0 Å². The molecule has 0 aliphatic rings. The molecule has 0 N–H and O–H groups in total. The monoisotopic (exact) mass is 250 g/mol. The van der Waals surface area contributed by atoms with Crippen LogP contribution < -0.4 is 4.90 Å². The van der Waals surface area contributed by atoms with E-state index < -0.39 is 34.8 Å². The van der Waals surface area contributed by atoms with Gasteiger partial charge in [0.05, 0.1) is 0 Å². The summed E-state index contributed by atoms with van der Waals surface area (Å²) in [5.41, 5.74) is -1.37. The van der Waals surface area contributed by atoms with Crippen molar-refractivity contribution in [3.63, 3.8) is 0 Å². The van der Waals surface area contributed by atoms with Crippen molar-refractivity contribution in [2.75, 3.05) is 11.9 Å². The van der Waals surface area contributed by atoms with Crippen LogP contribution in [0.25, 0.3) is 0 Å². The van der Waals surface area contributed by atoms with Crippen molar-refractivity contribution in [3.8, 4) is 0 Å². The number of anilines is 1. The lowest BCUT2D eigenvalue weighted by atomic mass is 9.99. The third-order valence-corrected chi connectivity index (χ3v) is 3.08. The highest BCUT2D eigenvalue weighted by Crippen LogP contribution is 2.31. The minimum atomic E-state index is -1.64. The van der Waals surface area contributed by atoms with Crippen molar-refractivity contribution in [1.29, 1.82) is 0 Å². The van der Waals surface area contributed by atoms with Crippen LogP contribution in [0.4, 0.5) is 23.2 Å². The summed E-state index contributed by atoms with van der Waals surface area (Å²) in [5, 5.41) is 0. The number of hydrogen-bond donors (Lipinski definition) is 0. The third-order valence-electron chi connectivity index (χ3n) is 3.08. The van der Waals surface area contributed by atoms with Crippen molar-refractivity contribution in [1.82, 2.24) is 4.98 Å². The summed E-state index contributed by atoms with van der Waals surface area (Å²) in [5.74, 6) is -6.24. The van der Waals surface area contributed by atoms with E-state index >= 15 is 0 Å². The van der Waals surface area contributed by atoms with Crippen LogP contribution in [0, 0.1) is 23.5 Å². The molecule has 1 aromatic rings. The molecule has 0 atom stereocenters. The Labute approximate surface area is 97.3 Å². The third kappa shape index (κ3) is 2.35. The second kappa shape index (κ2) is 4.50. The molecule has 0 aromatic carbocycles. The molecule has 96 valence electrons. The van der Waals surface area contributed by atoms with Crippen LogP contribution in [0.3, 0.4) is 0 Å². The SMILES string of the molecule is CCC(C)(C)N(C)c1c(F)c(F)nc(F)c1F. The Hall–Kier alpha value is -1.33. The standard InChI is InChI=1S/C11H14F4N2/c1-5-11(2,3)17(4)8-6(12)9(14)16-10(15)7(8)13/h5H2,1-4H3. The second-order valence-corrected chi connectivity index (χ2v) is 4.39. The van der Waals surface area contributed by atoms with Gasteiger partial charge in [-0.15, -0.1) is 0 Å². The van der Waals surface area contributed by atoms with Crippen molar-refractivity contribution in [2.24, 2.45) is 0 Å². The van der Waals surface area contributed by atoms with Crippen LogP contribution in [0.15, 0.2) is 0 Å². The average molecular weight is 250 g/mol. The zero-order valence-corrected chi connectivity index (χ0v) is 10.1. The molecule has 17 heavy (non-hydrogen) atoms. The van der Waals surface area contributed by atoms with Crippen LogP contribution >= 0.6 is 0 Å². The topological polar surface area (TPSA) is 16.1 Å². The largest absolute Gasteiger partial charge is 0.364 e. The molecule has 0 fully saturated rings. The Morgan fingerprint density at radius 3 is 1.82 bits per heavy atom. The molecule has 0 amide bonds. The van der Waals surface area contributed by atoms with Crippen molar-refractivity contribution in [3.05, 3.63) is 23.5 Å². The lowest BCUT2D eigenvalue weighted by molar-refractivity contribution is 0.390. The van der Waals surface area contributed by atoms with Crippen LogP contribution in [0.5, 0.6) is 0 Å². The van der Waals surface area contributed by atoms with Gasteiger partial charge in [0.2, 0.25) is 11.6 Å². The summed E-state index contributed by atoms with van der Waals surface area (Å²) in [6.45, 7) is 5.23. The number of pyridine rings is 1. The number of aromatic nitrogens is 1. The lowest BCUT2D eigenvalue weighted by Crippen LogP contribution is -2.42. The molecule has 6 heteroatoms. The number of rotatable bonds is 3. The maximum absolute atomic E-state index is 13.5. The minimum Gasteiger partial charge on any atom is -0.364 e. The molecule has 0 unspecified atom stereocenters. The van der Waals surface area contributed by atoms with Crippen molar-refractivity contribution >= 4 is 5.69 Å². The highest BCUT2D eigenvalue weighted by atomic mass is 19.2. The molecule has 1 heterocycles. The Balaban J connectivity index is 3.41. The predicted molar refractivity (Wildman–Crippen MR) is 56.8 cm³/mol. The quantitative estimate of drug-likeness (QED) is 0.604. The summed E-state index contributed by atoms with van der Waals surface area (Å²) >= 11 is 0. The Morgan fingerprint density at radius 1 is 1.06 bits per heavy atom. The summed E-state index contributed by atoms with van der Waals surface area (Å²) in [6, 6.07) is 0. The van der Waals surface area contributed by atoms with E-state index in [2.05, 4.69) is 4.98 Å². The minimum absolute atomic E-state index is 0.550. The first-order valence-electron chi connectivity index (χ1n) is 5.16. The van der Waals surface area contributed by atoms with E-state index in [1.54, 1.807) is 20.8 Å². The number of halogens is 4. The molecule has 0 radical (unpaired) electrons. The van der Waals surface area contributed by atoms with E-state index in [4.69, 9.17) is 0 Å². The fraction of sp³-hybridized carbons (Fsp3) is 0.545. The molecule has 0 saturated carbocycles. The maximum Gasteiger partial charge on any atom is 0.253 e. The molecule has 0 aliphatic heterocycles. The van der Waals surface area contributed by atoms with Gasteiger partial charge in [-0.2, -0.15) is 22.5 Å². The normalized spacial score (nSPS) is 11.8. The van der Waals surface area contributed by atoms with Gasteiger partial charge in [0, 0.05) is 12.6 Å². The van der Waals surface area contributed by atoms with E-state index in [-0.39, 0.29) is 0 Å². The van der Waals surface area contributed by atoms with E-state index in [9.17, 15) is 17.6 Å². The van der Waals surface area contributed by atoms with Gasteiger partial charge >= 0.3 is 0 Å². The Morgan fingerprint density at radius 2 is 1.47 bits per heavy atom. The van der Waals surface area contributed by atoms with Gasteiger partial charge < -0.3 is 4.90 Å². The molecule has 1 aromatic heterocycles. The van der Waals surface area contributed by atoms with Crippen molar-refractivity contribution < 1.29 is 17.6 Å². The van der Waals surface area contributed by atoms with Gasteiger partial charge in [-0.05, 0) is 20.3 Å². The van der Waals surface area contributed by atoms with E-state index in [0.29, 0.717) is 6.42 Å². The van der Waals surface area contributed by atoms with Gasteiger partial charge in [-0.3, -0.25) is 0 Å². The van der Waals surface area contributed by atoms with E-state index in [1.165, 1.54) is 11.9 Å². The summed E-state index contributed by atoms with van der Waals surface area (Å²) in [6.07, 6.45) is 0.550. The number of hydrogen-bond acceptors (Lipinski definition) is 2. The Bertz CT molecular complexity index is 406. The van der Waals surface area contributed by atoms with Gasteiger partial charge in [-0.1, -0.05) is 6.92 Å². The molecule has 2 nitrogen and oxygen atoms in total. The molecular weight excluding hydrogens is 236 g/mol.